The van der Waals surface area contributed by atoms with Crippen molar-refractivity contribution in [1.29, 1.82) is 0 Å². The zero-order valence-corrected chi connectivity index (χ0v) is 36.6. The van der Waals surface area contributed by atoms with E-state index in [1.165, 1.54) is 27.8 Å². The van der Waals surface area contributed by atoms with Crippen LogP contribution in [0.1, 0.15) is 74.9 Å². The van der Waals surface area contributed by atoms with Gasteiger partial charge < -0.3 is 5.11 Å². The fourth-order valence-corrected chi connectivity index (χ4v) is 7.96. The second-order valence-electron chi connectivity index (χ2n) is 16.6. The zero-order chi connectivity index (χ0) is 38.9. The third-order valence-electron chi connectivity index (χ3n) is 10.2. The van der Waals surface area contributed by atoms with E-state index < -0.39 is 0 Å². The molecule has 0 atom stereocenters. The molecule has 0 aliphatic carbocycles. The summed E-state index contributed by atoms with van der Waals surface area (Å²) in [4.78, 5) is 11.0. The second-order valence-corrected chi connectivity index (χ2v) is 17.7. The van der Waals surface area contributed by atoms with E-state index in [1.807, 2.05) is 24.4 Å². The number of phenols is 1. The molecule has 0 saturated carbocycles. The molecule has 0 unspecified atom stereocenters. The summed E-state index contributed by atoms with van der Waals surface area (Å²) in [5, 5.41) is 13.0. The van der Waals surface area contributed by atoms with Gasteiger partial charge in [-0.3, -0.25) is 4.98 Å². The summed E-state index contributed by atoms with van der Waals surface area (Å²) in [5.41, 5.74) is 14.1. The van der Waals surface area contributed by atoms with Gasteiger partial charge >= 0.3 is 0 Å². The molecule has 0 aliphatic rings. The number of pyridine rings is 2. The van der Waals surface area contributed by atoms with Gasteiger partial charge in [-0.25, -0.2) is 4.98 Å². The van der Waals surface area contributed by atoms with Crippen molar-refractivity contribution in [3.8, 4) is 50.5 Å². The van der Waals surface area contributed by atoms with Crippen LogP contribution in [0.4, 0.5) is 0 Å². The van der Waals surface area contributed by atoms with Crippen molar-refractivity contribution in [2.75, 3.05) is 0 Å². The third-order valence-corrected chi connectivity index (χ3v) is 11.1. The Labute approximate surface area is 352 Å². The largest absolute Gasteiger partial charge is 0.507 e. The summed E-state index contributed by atoms with van der Waals surface area (Å²) in [5.74, 6) is 0.275. The zero-order valence-electron chi connectivity index (χ0n) is 33.5. The van der Waals surface area contributed by atoms with E-state index in [9.17, 15) is 5.11 Å². The van der Waals surface area contributed by atoms with Gasteiger partial charge in [0.1, 0.15) is 5.75 Å². The van der Waals surface area contributed by atoms with E-state index in [4.69, 9.17) is 4.98 Å². The first kappa shape index (κ1) is 40.9. The molecule has 0 radical (unpaired) electrons. The Kier molecular flexibility index (Phi) is 12.2. The molecule has 0 aliphatic heterocycles. The Balaban J connectivity index is 0.00000532. The van der Waals surface area contributed by atoms with Crippen molar-refractivity contribution in [1.82, 2.24) is 9.97 Å². The van der Waals surface area contributed by atoms with Crippen molar-refractivity contribution in [3.05, 3.63) is 173 Å². The molecule has 0 saturated heterocycles. The monoisotopic (exact) mass is 932 g/mol. The molecule has 7 aromatic rings. The van der Waals surface area contributed by atoms with Gasteiger partial charge in [-0.05, 0) is 106 Å². The van der Waals surface area contributed by atoms with Crippen LogP contribution in [0.2, 0.25) is 0 Å². The van der Waals surface area contributed by atoms with Gasteiger partial charge in [0.2, 0.25) is 0 Å². The minimum absolute atomic E-state index is 0. The number of hydrogen-bond donors (Lipinski definition) is 1. The maximum Gasteiger partial charge on any atom is 0.128 e. The van der Waals surface area contributed by atoms with Crippen LogP contribution in [0.25, 0.3) is 44.8 Å². The predicted molar refractivity (Wildman–Crippen MR) is 231 cm³/mol. The molecular formula is C51H49N2OPtS-. The second kappa shape index (κ2) is 16.8. The Morgan fingerprint density at radius 3 is 1.93 bits per heavy atom. The molecule has 5 heteroatoms. The van der Waals surface area contributed by atoms with Crippen LogP contribution in [-0.4, -0.2) is 15.1 Å². The smallest absolute Gasteiger partial charge is 0.128 e. The minimum Gasteiger partial charge on any atom is -0.507 e. The van der Waals surface area contributed by atoms with Gasteiger partial charge in [-0.2, -0.15) is 0 Å². The average molecular weight is 933 g/mol. The SMILES string of the molecule is Cc1cccc(C)c1-c1cc(-c2[c-]c(Sc3ccccn3)cc(-c3ccc(Cc4ccccc4)cc3)c2)nc(-c2cc(C(C)(C)C)cc(C(C)(C)C)c2O)c1.[Pt]. The average Bonchev–Trinajstić information content (AvgIpc) is 3.15. The number of hydrogen-bond acceptors (Lipinski definition) is 4. The van der Waals surface area contributed by atoms with Crippen LogP contribution in [-0.2, 0) is 38.3 Å². The Morgan fingerprint density at radius 1 is 0.625 bits per heavy atom. The first-order chi connectivity index (χ1) is 26.2. The summed E-state index contributed by atoms with van der Waals surface area (Å²) in [6, 6.07) is 48.6. The molecule has 3 nitrogen and oxygen atoms in total. The number of phenolic OH excluding ortho intramolecular Hbond substituents is 1. The maximum atomic E-state index is 12.1. The molecule has 0 bridgehead atoms. The van der Waals surface area contributed by atoms with Gasteiger partial charge in [0.15, 0.2) is 0 Å². The Morgan fingerprint density at radius 2 is 1.29 bits per heavy atom. The van der Waals surface area contributed by atoms with Gasteiger partial charge in [0, 0.05) is 38.4 Å². The van der Waals surface area contributed by atoms with E-state index in [1.54, 1.807) is 11.8 Å². The van der Waals surface area contributed by atoms with Crippen molar-refractivity contribution in [2.45, 2.75) is 82.6 Å². The van der Waals surface area contributed by atoms with E-state index in [0.29, 0.717) is 0 Å². The number of aryl methyl sites for hydroxylation is 2. The van der Waals surface area contributed by atoms with Gasteiger partial charge in [-0.15, -0.1) is 23.8 Å². The van der Waals surface area contributed by atoms with E-state index in [-0.39, 0.29) is 37.6 Å². The summed E-state index contributed by atoms with van der Waals surface area (Å²) in [6.45, 7) is 17.4. The standard InChI is InChI=1S/C51H49N2OS.Pt/c1-33-15-14-16-34(2)48(33)40-29-45(53-46(30-40)43-31-41(50(3,4)5)32-44(49(43)54)51(6,7)8)39-26-38(27-42(28-39)55-47-19-12-13-24-52-47)37-22-20-36(21-23-37)25-35-17-10-9-11-18-35;/h9-24,26-27,29-32,54H,25H2,1-8H3;/q-1;. The Bertz CT molecular complexity index is 2440. The van der Waals surface area contributed by atoms with Crippen LogP contribution in [0, 0.1) is 19.9 Å². The number of benzene rings is 5. The molecule has 7 rings (SSSR count). The normalized spacial score (nSPS) is 11.6. The third kappa shape index (κ3) is 9.26. The van der Waals surface area contributed by atoms with E-state index in [0.717, 1.165) is 66.7 Å². The van der Waals surface area contributed by atoms with Crippen LogP contribution >= 0.6 is 11.8 Å². The van der Waals surface area contributed by atoms with Gasteiger partial charge in [0.05, 0.1) is 10.7 Å². The van der Waals surface area contributed by atoms with Gasteiger partial charge in [-0.1, -0.05) is 155 Å². The number of nitrogens with zero attached hydrogens (tertiary/aromatic N) is 2. The van der Waals surface area contributed by atoms with Gasteiger partial charge in [0.25, 0.3) is 0 Å². The topological polar surface area (TPSA) is 46.0 Å². The quantitative estimate of drug-likeness (QED) is 0.154. The maximum absolute atomic E-state index is 12.1. The molecule has 2 aromatic heterocycles. The molecule has 0 fully saturated rings. The summed E-state index contributed by atoms with van der Waals surface area (Å²) < 4.78 is 0. The molecular weight excluding hydrogens is 884 g/mol. The summed E-state index contributed by atoms with van der Waals surface area (Å²) in [7, 11) is 0. The van der Waals surface area contributed by atoms with Crippen molar-refractivity contribution in [3.63, 3.8) is 0 Å². The number of aromatic hydroxyl groups is 1. The molecule has 2 heterocycles. The fourth-order valence-electron chi connectivity index (χ4n) is 7.12. The fraction of sp³-hybridized carbons (Fsp3) is 0.216. The van der Waals surface area contributed by atoms with Crippen LogP contribution in [0.15, 0.2) is 144 Å². The molecule has 0 spiro atoms. The molecule has 0 amide bonds. The molecule has 5 aromatic carbocycles. The van der Waals surface area contributed by atoms with E-state index >= 15 is 0 Å². The number of aromatic nitrogens is 2. The first-order valence-electron chi connectivity index (χ1n) is 19.0. The molecule has 1 N–H and O–H groups in total. The Hall–Kier alpha value is -4.76. The van der Waals surface area contributed by atoms with Crippen LogP contribution in [0.3, 0.4) is 0 Å². The minimum atomic E-state index is -0.274. The van der Waals surface area contributed by atoms with E-state index in [2.05, 4.69) is 176 Å². The first-order valence-corrected chi connectivity index (χ1v) is 19.8. The molecule has 286 valence electrons. The summed E-state index contributed by atoms with van der Waals surface area (Å²) in [6.07, 6.45) is 2.71. The van der Waals surface area contributed by atoms with Crippen LogP contribution in [0.5, 0.6) is 5.75 Å². The predicted octanol–water partition coefficient (Wildman–Crippen LogP) is 13.6. The summed E-state index contributed by atoms with van der Waals surface area (Å²) >= 11 is 1.59. The molecule has 56 heavy (non-hydrogen) atoms. The van der Waals surface area contributed by atoms with Crippen molar-refractivity contribution in [2.24, 2.45) is 0 Å². The van der Waals surface area contributed by atoms with Crippen molar-refractivity contribution < 1.29 is 26.2 Å². The van der Waals surface area contributed by atoms with Crippen LogP contribution < -0.4 is 0 Å². The van der Waals surface area contributed by atoms with Crippen molar-refractivity contribution >= 4 is 11.8 Å². The number of rotatable bonds is 8.